The Labute approximate surface area is 208 Å². The van der Waals surface area contributed by atoms with Gasteiger partial charge in [0.1, 0.15) is 12.2 Å². The number of unbranched alkanes of at least 4 members (excludes halogenated alkanes) is 1. The van der Waals surface area contributed by atoms with Gasteiger partial charge in [-0.2, -0.15) is 0 Å². The van der Waals surface area contributed by atoms with Crippen molar-refractivity contribution in [2.75, 3.05) is 13.2 Å². The van der Waals surface area contributed by atoms with Crippen LogP contribution in [0.15, 0.2) is 35.0 Å². The van der Waals surface area contributed by atoms with Crippen LogP contribution in [0.1, 0.15) is 49.8 Å². The molecule has 188 valence electrons. The van der Waals surface area contributed by atoms with E-state index in [0.29, 0.717) is 32.4 Å². The van der Waals surface area contributed by atoms with Crippen molar-refractivity contribution in [1.29, 1.82) is 0 Å². The highest BCUT2D eigenvalue weighted by Crippen LogP contribution is 2.18. The van der Waals surface area contributed by atoms with Crippen LogP contribution >= 0.6 is 22.7 Å². The summed E-state index contributed by atoms with van der Waals surface area (Å²) in [6.07, 6.45) is -0.185. The molecule has 2 heterocycles. The van der Waals surface area contributed by atoms with Crippen LogP contribution in [0.4, 0.5) is 14.4 Å². The molecule has 0 aliphatic heterocycles. The number of nitrogens with two attached hydrogens (primary N) is 1. The maximum Gasteiger partial charge on any atom is 0.410 e. The molecule has 0 aromatic carbocycles. The van der Waals surface area contributed by atoms with Gasteiger partial charge in [-0.3, -0.25) is 4.90 Å². The average Bonchev–Trinajstić information content (AvgIpc) is 3.43. The lowest BCUT2D eigenvalue weighted by atomic mass is 10.1. The Kier molecular flexibility index (Phi) is 11.1. The Balaban J connectivity index is 1.96. The van der Waals surface area contributed by atoms with Crippen LogP contribution in [0, 0.1) is 0 Å². The summed E-state index contributed by atoms with van der Waals surface area (Å²) in [4.78, 5) is 39.7. The number of nitrogens with one attached hydrogen (secondary N) is 1. The molecule has 2 aromatic heterocycles. The Bertz CT molecular complexity index is 845. The normalized spacial score (nSPS) is 12.0. The van der Waals surface area contributed by atoms with Crippen molar-refractivity contribution < 1.29 is 28.6 Å². The summed E-state index contributed by atoms with van der Waals surface area (Å²) in [7, 11) is 0. The molecule has 0 unspecified atom stereocenters. The monoisotopic (exact) mass is 511 g/mol. The first-order chi connectivity index (χ1) is 16.1. The van der Waals surface area contributed by atoms with E-state index in [1.165, 1.54) is 0 Å². The molecular weight excluding hydrogens is 478 g/mol. The van der Waals surface area contributed by atoms with Gasteiger partial charge in [-0.05, 0) is 62.9 Å². The first kappa shape index (κ1) is 27.5. The lowest BCUT2D eigenvalue weighted by Crippen LogP contribution is -2.43. The fourth-order valence-electron chi connectivity index (χ4n) is 2.97. The molecule has 0 aliphatic carbocycles. The van der Waals surface area contributed by atoms with Crippen molar-refractivity contribution in [3.63, 3.8) is 0 Å². The SMILES string of the molecule is CC(C)(C)OC(=O)N[C@@H](CCCCOC(N)=O)COC(=O)N(Cc1cccs1)Cc1cccs1. The summed E-state index contributed by atoms with van der Waals surface area (Å²) in [6, 6.07) is 7.37. The fraction of sp³-hybridized carbons (Fsp3) is 0.522. The maximum absolute atomic E-state index is 13.0. The van der Waals surface area contributed by atoms with Crippen molar-refractivity contribution in [1.82, 2.24) is 10.2 Å². The van der Waals surface area contributed by atoms with E-state index in [9.17, 15) is 14.4 Å². The number of ether oxygens (including phenoxy) is 3. The second-order valence-electron chi connectivity index (χ2n) is 8.60. The van der Waals surface area contributed by atoms with Crippen LogP contribution in [0.25, 0.3) is 0 Å². The quantitative estimate of drug-likeness (QED) is 0.302. The first-order valence-electron chi connectivity index (χ1n) is 11.0. The molecule has 11 heteroatoms. The third kappa shape index (κ3) is 11.4. The lowest BCUT2D eigenvalue weighted by Gasteiger charge is -2.25. The zero-order chi connectivity index (χ0) is 25.0. The third-order valence-corrected chi connectivity index (χ3v) is 6.15. The zero-order valence-corrected chi connectivity index (χ0v) is 21.4. The van der Waals surface area contributed by atoms with Gasteiger partial charge in [-0.1, -0.05) is 12.1 Å². The molecule has 0 spiro atoms. The van der Waals surface area contributed by atoms with E-state index in [4.69, 9.17) is 19.9 Å². The smallest absolute Gasteiger partial charge is 0.410 e. The van der Waals surface area contributed by atoms with Gasteiger partial charge >= 0.3 is 18.3 Å². The van der Waals surface area contributed by atoms with Crippen LogP contribution in [0.3, 0.4) is 0 Å². The number of alkyl carbamates (subject to hydrolysis) is 1. The second kappa shape index (κ2) is 13.8. The van der Waals surface area contributed by atoms with Crippen molar-refractivity contribution in [2.24, 2.45) is 5.73 Å². The first-order valence-corrected chi connectivity index (χ1v) is 12.8. The number of primary amides is 1. The molecule has 0 saturated heterocycles. The highest BCUT2D eigenvalue weighted by molar-refractivity contribution is 7.10. The van der Waals surface area contributed by atoms with Crippen LogP contribution in [0.5, 0.6) is 0 Å². The molecule has 0 aliphatic rings. The van der Waals surface area contributed by atoms with E-state index in [1.807, 2.05) is 35.0 Å². The van der Waals surface area contributed by atoms with Gasteiger partial charge in [0.05, 0.1) is 25.7 Å². The Hall–Kier alpha value is -2.79. The van der Waals surface area contributed by atoms with Gasteiger partial charge in [-0.15, -0.1) is 22.7 Å². The minimum absolute atomic E-state index is 0.0138. The second-order valence-corrected chi connectivity index (χ2v) is 10.7. The number of hydrogen-bond donors (Lipinski definition) is 2. The van der Waals surface area contributed by atoms with E-state index >= 15 is 0 Å². The minimum atomic E-state index is -0.825. The van der Waals surface area contributed by atoms with Gasteiger partial charge in [0.15, 0.2) is 0 Å². The standard InChI is InChI=1S/C23H33N3O6S2/c1-23(2,3)32-21(28)25-17(8-4-5-11-30-20(24)27)16-31-22(29)26(14-18-9-6-12-33-18)15-19-10-7-13-34-19/h6-7,9-10,12-13,17H,4-5,8,11,14-16H2,1-3H3,(H2,24,27)(H,25,28)/t17-/m0/s1. The number of carbonyl (C=O) groups excluding carboxylic acids is 3. The van der Waals surface area contributed by atoms with Gasteiger partial charge < -0.3 is 25.3 Å². The number of rotatable bonds is 12. The van der Waals surface area contributed by atoms with Gasteiger partial charge in [0.25, 0.3) is 0 Å². The summed E-state index contributed by atoms with van der Waals surface area (Å²) >= 11 is 3.15. The highest BCUT2D eigenvalue weighted by Gasteiger charge is 2.23. The summed E-state index contributed by atoms with van der Waals surface area (Å²) < 4.78 is 15.7. The van der Waals surface area contributed by atoms with Crippen LogP contribution < -0.4 is 11.1 Å². The molecule has 0 fully saturated rings. The van der Waals surface area contributed by atoms with Crippen molar-refractivity contribution in [3.05, 3.63) is 44.8 Å². The predicted octanol–water partition coefficient (Wildman–Crippen LogP) is 5.11. The number of amides is 3. The number of nitrogens with zero attached hydrogens (tertiary/aromatic N) is 1. The Morgan fingerprint density at radius 2 is 1.65 bits per heavy atom. The number of hydrogen-bond acceptors (Lipinski definition) is 8. The maximum atomic E-state index is 13.0. The van der Waals surface area contributed by atoms with Crippen LogP contribution in [-0.4, -0.2) is 48.0 Å². The summed E-state index contributed by atoms with van der Waals surface area (Å²) in [5, 5.41) is 6.70. The summed E-state index contributed by atoms with van der Waals surface area (Å²) in [5.41, 5.74) is 4.32. The molecule has 3 N–H and O–H groups in total. The molecule has 2 rings (SSSR count). The fourth-order valence-corrected chi connectivity index (χ4v) is 4.41. The molecule has 34 heavy (non-hydrogen) atoms. The number of carbonyl (C=O) groups is 3. The number of thiophene rings is 2. The zero-order valence-electron chi connectivity index (χ0n) is 19.8. The largest absolute Gasteiger partial charge is 0.450 e. The Morgan fingerprint density at radius 3 is 2.15 bits per heavy atom. The molecule has 0 radical (unpaired) electrons. The molecule has 9 nitrogen and oxygen atoms in total. The van der Waals surface area contributed by atoms with E-state index < -0.39 is 29.9 Å². The highest BCUT2D eigenvalue weighted by atomic mass is 32.1. The van der Waals surface area contributed by atoms with Crippen molar-refractivity contribution >= 4 is 41.0 Å². The van der Waals surface area contributed by atoms with Crippen LogP contribution in [0.2, 0.25) is 0 Å². The molecular formula is C23H33N3O6S2. The molecule has 0 bridgehead atoms. The Morgan fingerprint density at radius 1 is 1.03 bits per heavy atom. The van der Waals surface area contributed by atoms with E-state index in [1.54, 1.807) is 48.3 Å². The van der Waals surface area contributed by atoms with Gasteiger partial charge in [-0.25, -0.2) is 14.4 Å². The molecule has 3 amide bonds. The van der Waals surface area contributed by atoms with E-state index in [-0.39, 0.29) is 13.2 Å². The third-order valence-electron chi connectivity index (χ3n) is 4.43. The van der Waals surface area contributed by atoms with Gasteiger partial charge in [0, 0.05) is 9.75 Å². The lowest BCUT2D eigenvalue weighted by molar-refractivity contribution is 0.0442. The topological polar surface area (TPSA) is 120 Å². The average molecular weight is 512 g/mol. The predicted molar refractivity (Wildman–Crippen MR) is 132 cm³/mol. The van der Waals surface area contributed by atoms with Gasteiger partial charge in [0.2, 0.25) is 0 Å². The summed E-state index contributed by atoms with van der Waals surface area (Å²) in [6.45, 7) is 6.36. The molecule has 1 atom stereocenters. The van der Waals surface area contributed by atoms with Crippen molar-refractivity contribution in [2.45, 2.75) is 64.8 Å². The summed E-state index contributed by atoms with van der Waals surface area (Å²) in [5.74, 6) is 0. The van der Waals surface area contributed by atoms with E-state index in [0.717, 1.165) is 9.75 Å². The minimum Gasteiger partial charge on any atom is -0.450 e. The van der Waals surface area contributed by atoms with E-state index in [2.05, 4.69) is 5.32 Å². The molecule has 2 aromatic rings. The van der Waals surface area contributed by atoms with Crippen LogP contribution in [-0.2, 0) is 27.3 Å². The van der Waals surface area contributed by atoms with Crippen molar-refractivity contribution in [3.8, 4) is 0 Å². The molecule has 0 saturated carbocycles.